The van der Waals surface area contributed by atoms with Crippen molar-refractivity contribution in [1.29, 1.82) is 0 Å². The van der Waals surface area contributed by atoms with E-state index in [0.717, 1.165) is 52.0 Å². The molecule has 1 aromatic rings. The summed E-state index contributed by atoms with van der Waals surface area (Å²) in [5, 5.41) is 0. The van der Waals surface area contributed by atoms with Crippen LogP contribution in [0.2, 0.25) is 0 Å². The van der Waals surface area contributed by atoms with Crippen molar-refractivity contribution in [3.63, 3.8) is 0 Å². The summed E-state index contributed by atoms with van der Waals surface area (Å²) in [5.41, 5.74) is 0.764. The number of amides is 2. The Bertz CT molecular complexity index is 636. The molecule has 1 spiro atoms. The van der Waals surface area contributed by atoms with Gasteiger partial charge >= 0.3 is 0 Å². The van der Waals surface area contributed by atoms with Gasteiger partial charge in [-0.2, -0.15) is 0 Å². The minimum Gasteiger partial charge on any atom is -0.342 e. The Morgan fingerprint density at radius 1 is 1.27 bits per heavy atom. The molecule has 2 saturated heterocycles. The molecule has 3 heterocycles. The maximum absolute atomic E-state index is 12.7. The molecule has 0 bridgehead atoms. The lowest BCUT2D eigenvalue weighted by Crippen LogP contribution is -2.56. The van der Waals surface area contributed by atoms with Crippen LogP contribution in [0.5, 0.6) is 0 Å². The molecule has 142 valence electrons. The SMILES string of the molecule is CN(C)CCN1C[C@]2(CCCN(C(=O)Cc3cnccn3)C2)CCC1=O. The largest absolute Gasteiger partial charge is 0.342 e. The van der Waals surface area contributed by atoms with E-state index in [9.17, 15) is 9.59 Å². The molecule has 0 N–H and O–H groups in total. The maximum Gasteiger partial charge on any atom is 0.228 e. The lowest BCUT2D eigenvalue weighted by Gasteiger charge is -2.48. The predicted molar refractivity (Wildman–Crippen MR) is 98.4 cm³/mol. The lowest BCUT2D eigenvalue weighted by atomic mass is 9.73. The van der Waals surface area contributed by atoms with Gasteiger partial charge in [0.1, 0.15) is 0 Å². The number of hydrogen-bond acceptors (Lipinski definition) is 5. The van der Waals surface area contributed by atoms with Crippen LogP contribution in [-0.4, -0.2) is 83.3 Å². The van der Waals surface area contributed by atoms with Crippen molar-refractivity contribution in [2.24, 2.45) is 5.41 Å². The zero-order valence-electron chi connectivity index (χ0n) is 15.9. The van der Waals surface area contributed by atoms with E-state index in [1.807, 2.05) is 23.9 Å². The molecule has 1 atom stereocenters. The minimum atomic E-state index is 0.0521. The zero-order chi connectivity index (χ0) is 18.6. The topological polar surface area (TPSA) is 69.6 Å². The van der Waals surface area contributed by atoms with E-state index in [1.54, 1.807) is 18.6 Å². The maximum atomic E-state index is 12.7. The molecule has 26 heavy (non-hydrogen) atoms. The monoisotopic (exact) mass is 359 g/mol. The normalized spacial score (nSPS) is 23.7. The highest BCUT2D eigenvalue weighted by molar-refractivity contribution is 5.79. The summed E-state index contributed by atoms with van der Waals surface area (Å²) >= 11 is 0. The van der Waals surface area contributed by atoms with Crippen molar-refractivity contribution in [1.82, 2.24) is 24.7 Å². The van der Waals surface area contributed by atoms with Gasteiger partial charge in [-0.1, -0.05) is 0 Å². The summed E-state index contributed by atoms with van der Waals surface area (Å²) in [7, 11) is 4.05. The molecular formula is C19H29N5O2. The van der Waals surface area contributed by atoms with Gasteiger partial charge < -0.3 is 14.7 Å². The molecule has 2 amide bonds. The summed E-state index contributed by atoms with van der Waals surface area (Å²) in [6.45, 7) is 3.96. The van der Waals surface area contributed by atoms with Gasteiger partial charge in [0, 0.05) is 63.2 Å². The van der Waals surface area contributed by atoms with Crippen LogP contribution in [-0.2, 0) is 16.0 Å². The predicted octanol–water partition coefficient (Wildman–Crippen LogP) is 0.812. The first kappa shape index (κ1) is 18.8. The van der Waals surface area contributed by atoms with E-state index >= 15 is 0 Å². The van der Waals surface area contributed by atoms with Crippen LogP contribution >= 0.6 is 0 Å². The Hall–Kier alpha value is -2.02. The quantitative estimate of drug-likeness (QED) is 0.778. The first-order valence-corrected chi connectivity index (χ1v) is 9.43. The molecule has 1 aromatic heterocycles. The second-order valence-corrected chi connectivity index (χ2v) is 7.91. The third-order valence-corrected chi connectivity index (χ3v) is 5.53. The second-order valence-electron chi connectivity index (χ2n) is 7.91. The summed E-state index contributed by atoms with van der Waals surface area (Å²) in [6, 6.07) is 0. The Labute approximate surface area is 155 Å². The van der Waals surface area contributed by atoms with Gasteiger partial charge in [-0.05, 0) is 33.4 Å². The zero-order valence-corrected chi connectivity index (χ0v) is 15.9. The minimum absolute atomic E-state index is 0.0521. The number of aromatic nitrogens is 2. The summed E-state index contributed by atoms with van der Waals surface area (Å²) in [5.74, 6) is 0.363. The number of nitrogens with zero attached hydrogens (tertiary/aromatic N) is 5. The number of piperidine rings is 2. The van der Waals surface area contributed by atoms with Crippen LogP contribution in [0, 0.1) is 5.41 Å². The van der Waals surface area contributed by atoms with Gasteiger partial charge in [0.25, 0.3) is 0 Å². The van der Waals surface area contributed by atoms with Crippen molar-refractivity contribution in [2.75, 3.05) is 46.8 Å². The third-order valence-electron chi connectivity index (χ3n) is 5.53. The van der Waals surface area contributed by atoms with Crippen LogP contribution < -0.4 is 0 Å². The fraction of sp³-hybridized carbons (Fsp3) is 0.684. The van der Waals surface area contributed by atoms with Gasteiger partial charge in [-0.3, -0.25) is 19.6 Å². The smallest absolute Gasteiger partial charge is 0.228 e. The number of carbonyl (C=O) groups excluding carboxylic acids is 2. The van der Waals surface area contributed by atoms with E-state index in [1.165, 1.54) is 0 Å². The van der Waals surface area contributed by atoms with Crippen molar-refractivity contribution in [3.8, 4) is 0 Å². The van der Waals surface area contributed by atoms with Crippen LogP contribution in [0.4, 0.5) is 0 Å². The summed E-state index contributed by atoms with van der Waals surface area (Å²) < 4.78 is 0. The van der Waals surface area contributed by atoms with E-state index in [0.29, 0.717) is 18.5 Å². The first-order valence-electron chi connectivity index (χ1n) is 9.43. The Kier molecular flexibility index (Phi) is 5.86. The molecule has 0 aliphatic carbocycles. The van der Waals surface area contributed by atoms with Gasteiger partial charge in [-0.15, -0.1) is 0 Å². The number of likely N-dealkylation sites (N-methyl/N-ethyl adjacent to an activating group) is 1. The molecule has 7 heteroatoms. The van der Waals surface area contributed by atoms with Crippen LogP contribution in [0.25, 0.3) is 0 Å². The van der Waals surface area contributed by atoms with Gasteiger partial charge in [0.15, 0.2) is 0 Å². The van der Waals surface area contributed by atoms with Crippen molar-refractivity contribution < 1.29 is 9.59 Å². The van der Waals surface area contributed by atoms with Gasteiger partial charge in [0.05, 0.1) is 12.1 Å². The van der Waals surface area contributed by atoms with Gasteiger partial charge in [-0.25, -0.2) is 0 Å². The van der Waals surface area contributed by atoms with E-state index in [2.05, 4.69) is 14.9 Å². The average molecular weight is 359 g/mol. The number of hydrogen-bond donors (Lipinski definition) is 0. The average Bonchev–Trinajstić information content (AvgIpc) is 2.63. The second kappa shape index (κ2) is 8.12. The fourth-order valence-corrected chi connectivity index (χ4v) is 4.07. The number of likely N-dealkylation sites (tertiary alicyclic amines) is 2. The molecule has 0 radical (unpaired) electrons. The van der Waals surface area contributed by atoms with Crippen molar-refractivity contribution in [3.05, 3.63) is 24.3 Å². The molecule has 0 aromatic carbocycles. The summed E-state index contributed by atoms with van der Waals surface area (Å²) in [4.78, 5) is 39.4. The third kappa shape index (κ3) is 4.58. The highest BCUT2D eigenvalue weighted by Gasteiger charge is 2.42. The lowest BCUT2D eigenvalue weighted by molar-refractivity contribution is -0.142. The number of rotatable bonds is 5. The fourth-order valence-electron chi connectivity index (χ4n) is 4.07. The highest BCUT2D eigenvalue weighted by atomic mass is 16.2. The summed E-state index contributed by atoms with van der Waals surface area (Å²) in [6.07, 6.45) is 8.77. The Morgan fingerprint density at radius 2 is 2.12 bits per heavy atom. The van der Waals surface area contributed by atoms with Crippen LogP contribution in [0.15, 0.2) is 18.6 Å². The van der Waals surface area contributed by atoms with E-state index < -0.39 is 0 Å². The molecule has 3 rings (SSSR count). The number of carbonyl (C=O) groups is 2. The highest BCUT2D eigenvalue weighted by Crippen LogP contribution is 2.38. The Morgan fingerprint density at radius 3 is 2.85 bits per heavy atom. The van der Waals surface area contributed by atoms with E-state index in [-0.39, 0.29) is 17.2 Å². The standard InChI is InChI=1S/C19H29N5O2/c1-22(2)10-11-24-15-19(6-4-17(24)25)5-3-9-23(14-19)18(26)12-16-13-20-7-8-21-16/h7-8,13H,3-6,9-12,14-15H2,1-2H3/t19-/m1/s1. The van der Waals surface area contributed by atoms with Crippen molar-refractivity contribution in [2.45, 2.75) is 32.1 Å². The molecule has 0 saturated carbocycles. The van der Waals surface area contributed by atoms with Crippen LogP contribution in [0.3, 0.4) is 0 Å². The molecule has 2 aliphatic heterocycles. The molecule has 2 aliphatic rings. The van der Waals surface area contributed by atoms with Crippen LogP contribution in [0.1, 0.15) is 31.4 Å². The molecule has 7 nitrogen and oxygen atoms in total. The molecule has 2 fully saturated rings. The molecular weight excluding hydrogens is 330 g/mol. The van der Waals surface area contributed by atoms with Gasteiger partial charge in [0.2, 0.25) is 11.8 Å². The Balaban J connectivity index is 1.63. The van der Waals surface area contributed by atoms with Crippen molar-refractivity contribution >= 4 is 11.8 Å². The molecule has 0 unspecified atom stereocenters. The first-order chi connectivity index (χ1) is 12.5. The van der Waals surface area contributed by atoms with E-state index in [4.69, 9.17) is 0 Å².